The van der Waals surface area contributed by atoms with E-state index in [1.54, 1.807) is 0 Å². The predicted molar refractivity (Wildman–Crippen MR) is 78.9 cm³/mol. The normalized spacial score (nSPS) is 19.6. The molecule has 1 aliphatic heterocycles. The molecule has 7 heteroatoms. The van der Waals surface area contributed by atoms with Crippen LogP contribution in [0.3, 0.4) is 0 Å². The highest BCUT2D eigenvalue weighted by Gasteiger charge is 2.25. The number of hydrogen-bond acceptors (Lipinski definition) is 6. The van der Waals surface area contributed by atoms with Gasteiger partial charge in [-0.15, -0.1) is 0 Å². The summed E-state index contributed by atoms with van der Waals surface area (Å²) < 4.78 is 10.7. The van der Waals surface area contributed by atoms with Crippen LogP contribution in [0, 0.1) is 0 Å². The molecule has 2 atom stereocenters. The van der Waals surface area contributed by atoms with Gasteiger partial charge in [-0.25, -0.2) is 0 Å². The number of ether oxygens (including phenoxy) is 1. The van der Waals surface area contributed by atoms with Crippen LogP contribution >= 0.6 is 0 Å². The zero-order chi connectivity index (χ0) is 15.4. The molecule has 1 fully saturated rings. The fraction of sp³-hybridized carbons (Fsp3) is 0.400. The molecule has 0 bridgehead atoms. The summed E-state index contributed by atoms with van der Waals surface area (Å²) >= 11 is 0. The van der Waals surface area contributed by atoms with Crippen LogP contribution in [0.1, 0.15) is 18.8 Å². The molecule has 2 N–H and O–H groups in total. The first-order chi connectivity index (χ1) is 10.7. The maximum Gasteiger partial charge on any atom is 0.257 e. The minimum absolute atomic E-state index is 0.175. The molecule has 1 aliphatic rings. The first-order valence-electron chi connectivity index (χ1n) is 7.26. The zero-order valence-corrected chi connectivity index (χ0v) is 12.3. The van der Waals surface area contributed by atoms with Gasteiger partial charge in [-0.05, 0) is 19.1 Å². The molecule has 2 heterocycles. The predicted octanol–water partition coefficient (Wildman–Crippen LogP) is 0.902. The third kappa shape index (κ3) is 3.32. The van der Waals surface area contributed by atoms with Gasteiger partial charge in [0.15, 0.2) is 5.82 Å². The van der Waals surface area contributed by atoms with E-state index in [1.807, 2.05) is 37.3 Å². The summed E-state index contributed by atoms with van der Waals surface area (Å²) in [6, 6.07) is 9.15. The van der Waals surface area contributed by atoms with E-state index in [0.29, 0.717) is 24.9 Å². The minimum Gasteiger partial charge on any atom is -0.366 e. The second kappa shape index (κ2) is 6.67. The molecule has 1 aromatic heterocycles. The molecule has 22 heavy (non-hydrogen) atoms. The number of carbonyl (C=O) groups excluding carboxylic acids is 1. The fourth-order valence-electron chi connectivity index (χ4n) is 2.21. The van der Waals surface area contributed by atoms with Crippen LogP contribution in [0.25, 0.3) is 11.5 Å². The Kier molecular flexibility index (Phi) is 4.45. The summed E-state index contributed by atoms with van der Waals surface area (Å²) in [5, 5.41) is 9.89. The second-order valence-corrected chi connectivity index (χ2v) is 5.12. The quantitative estimate of drug-likeness (QED) is 0.872. The number of benzene rings is 1. The molecule has 1 aromatic carbocycles. The van der Waals surface area contributed by atoms with Crippen LogP contribution in [-0.2, 0) is 9.53 Å². The summed E-state index contributed by atoms with van der Waals surface area (Å²) in [5.74, 6) is 0.703. The minimum atomic E-state index is -0.475. The summed E-state index contributed by atoms with van der Waals surface area (Å²) in [5.41, 5.74) is 0.847. The Morgan fingerprint density at radius 2 is 2.23 bits per heavy atom. The van der Waals surface area contributed by atoms with Crippen molar-refractivity contribution in [3.8, 4) is 11.5 Å². The molecule has 1 saturated heterocycles. The van der Waals surface area contributed by atoms with Crippen LogP contribution in [-0.4, -0.2) is 41.8 Å². The van der Waals surface area contributed by atoms with Gasteiger partial charge in [0.1, 0.15) is 6.10 Å². The molecule has 7 nitrogen and oxygen atoms in total. The molecule has 0 radical (unpaired) electrons. The maximum absolute atomic E-state index is 12.1. The topological polar surface area (TPSA) is 89.3 Å². The number of nitrogens with zero attached hydrogens (tertiary/aromatic N) is 2. The van der Waals surface area contributed by atoms with E-state index in [9.17, 15) is 4.79 Å². The van der Waals surface area contributed by atoms with Gasteiger partial charge in [0.2, 0.25) is 0 Å². The van der Waals surface area contributed by atoms with E-state index >= 15 is 0 Å². The molecule has 0 aliphatic carbocycles. The number of nitrogens with one attached hydrogen (secondary N) is 2. The van der Waals surface area contributed by atoms with E-state index in [1.165, 1.54) is 0 Å². The summed E-state index contributed by atoms with van der Waals surface area (Å²) in [7, 11) is 0. The Morgan fingerprint density at radius 3 is 2.95 bits per heavy atom. The fourth-order valence-corrected chi connectivity index (χ4v) is 2.21. The van der Waals surface area contributed by atoms with Crippen LogP contribution < -0.4 is 10.6 Å². The van der Waals surface area contributed by atoms with Gasteiger partial charge < -0.3 is 19.9 Å². The number of aromatic nitrogens is 2. The Bertz CT molecular complexity index is 623. The van der Waals surface area contributed by atoms with Crippen LogP contribution in [0.15, 0.2) is 34.9 Å². The third-order valence-corrected chi connectivity index (χ3v) is 3.43. The maximum atomic E-state index is 12.1. The van der Waals surface area contributed by atoms with Crippen molar-refractivity contribution < 1.29 is 14.1 Å². The Labute approximate surface area is 128 Å². The average Bonchev–Trinajstić information content (AvgIpc) is 3.06. The zero-order valence-electron chi connectivity index (χ0n) is 12.3. The largest absolute Gasteiger partial charge is 0.366 e. The molecule has 2 aromatic rings. The van der Waals surface area contributed by atoms with Crippen molar-refractivity contribution in [2.75, 3.05) is 19.7 Å². The van der Waals surface area contributed by atoms with E-state index in [-0.39, 0.29) is 11.9 Å². The molecule has 0 spiro atoms. The van der Waals surface area contributed by atoms with Gasteiger partial charge in [-0.3, -0.25) is 4.79 Å². The van der Waals surface area contributed by atoms with E-state index in [0.717, 1.165) is 12.1 Å². The van der Waals surface area contributed by atoms with Crippen molar-refractivity contribution in [3.63, 3.8) is 0 Å². The number of morpholine rings is 1. The second-order valence-electron chi connectivity index (χ2n) is 5.12. The van der Waals surface area contributed by atoms with Crippen molar-refractivity contribution in [1.82, 2.24) is 20.8 Å². The monoisotopic (exact) mass is 302 g/mol. The lowest BCUT2D eigenvalue weighted by Gasteiger charge is -2.23. The lowest BCUT2D eigenvalue weighted by Crippen LogP contribution is -2.48. The Hall–Kier alpha value is -2.25. The number of carbonyl (C=O) groups is 1. The molecule has 2 unspecified atom stereocenters. The smallest absolute Gasteiger partial charge is 0.257 e. The van der Waals surface area contributed by atoms with E-state index in [4.69, 9.17) is 9.26 Å². The summed E-state index contributed by atoms with van der Waals surface area (Å²) in [4.78, 5) is 16.4. The highest BCUT2D eigenvalue weighted by Crippen LogP contribution is 2.18. The van der Waals surface area contributed by atoms with Gasteiger partial charge >= 0.3 is 0 Å². The first kappa shape index (κ1) is 14.7. The van der Waals surface area contributed by atoms with Crippen molar-refractivity contribution in [2.45, 2.75) is 19.1 Å². The van der Waals surface area contributed by atoms with Gasteiger partial charge in [0.25, 0.3) is 11.8 Å². The van der Waals surface area contributed by atoms with E-state index < -0.39 is 6.10 Å². The Balaban J connectivity index is 1.64. The summed E-state index contributed by atoms with van der Waals surface area (Å²) in [6.45, 7) is 3.63. The van der Waals surface area contributed by atoms with Crippen LogP contribution in [0.2, 0.25) is 0 Å². The lowest BCUT2D eigenvalue weighted by molar-refractivity contribution is -0.134. The van der Waals surface area contributed by atoms with Crippen molar-refractivity contribution >= 4 is 5.91 Å². The van der Waals surface area contributed by atoms with Gasteiger partial charge in [-0.2, -0.15) is 4.98 Å². The third-order valence-electron chi connectivity index (χ3n) is 3.43. The number of rotatable bonds is 4. The molecular weight excluding hydrogens is 284 g/mol. The van der Waals surface area contributed by atoms with Crippen molar-refractivity contribution in [2.24, 2.45) is 0 Å². The molecular formula is C15H18N4O3. The van der Waals surface area contributed by atoms with Gasteiger partial charge in [0, 0.05) is 18.7 Å². The van der Waals surface area contributed by atoms with Crippen molar-refractivity contribution in [1.29, 1.82) is 0 Å². The SMILES string of the molecule is CC(NC(=O)C1CNCCO1)c1noc(-c2ccccc2)n1. The van der Waals surface area contributed by atoms with Gasteiger partial charge in [-0.1, -0.05) is 23.4 Å². The molecule has 1 amide bonds. The molecule has 3 rings (SSSR count). The van der Waals surface area contributed by atoms with Crippen LogP contribution in [0.4, 0.5) is 0 Å². The van der Waals surface area contributed by atoms with Crippen molar-refractivity contribution in [3.05, 3.63) is 36.2 Å². The lowest BCUT2D eigenvalue weighted by atomic mass is 10.2. The van der Waals surface area contributed by atoms with Crippen LogP contribution in [0.5, 0.6) is 0 Å². The Morgan fingerprint density at radius 1 is 1.41 bits per heavy atom. The highest BCUT2D eigenvalue weighted by molar-refractivity contribution is 5.81. The van der Waals surface area contributed by atoms with E-state index in [2.05, 4.69) is 20.8 Å². The average molecular weight is 302 g/mol. The summed E-state index contributed by atoms with van der Waals surface area (Å²) in [6.07, 6.45) is -0.475. The molecule has 116 valence electrons. The number of amides is 1. The number of hydrogen-bond donors (Lipinski definition) is 2. The highest BCUT2D eigenvalue weighted by atomic mass is 16.5. The van der Waals surface area contributed by atoms with Gasteiger partial charge in [0.05, 0.1) is 12.6 Å². The first-order valence-corrected chi connectivity index (χ1v) is 7.26. The standard InChI is InChI=1S/C15H18N4O3/c1-10(17-14(20)12-9-16-7-8-21-12)13-18-15(22-19-13)11-5-3-2-4-6-11/h2-6,10,12,16H,7-9H2,1H3,(H,17,20). The molecule has 0 saturated carbocycles.